The van der Waals surface area contributed by atoms with Gasteiger partial charge in [0.2, 0.25) is 10.0 Å². The number of anilines is 1. The fourth-order valence-electron chi connectivity index (χ4n) is 1.29. The van der Waals surface area contributed by atoms with Crippen LogP contribution < -0.4 is 10.5 Å². The molecule has 0 bridgehead atoms. The fourth-order valence-corrected chi connectivity index (χ4v) is 2.64. The van der Waals surface area contributed by atoms with Crippen LogP contribution in [0.4, 0.5) is 5.69 Å². The first-order valence-corrected chi connectivity index (χ1v) is 6.52. The molecule has 0 radical (unpaired) electrons. The number of rotatable bonds is 5. The number of aromatic carboxylic acids is 1. The molecule has 7 nitrogen and oxygen atoms in total. The van der Waals surface area contributed by atoms with Crippen LogP contribution in [0.5, 0.6) is 0 Å². The Balaban J connectivity index is 3.14. The van der Waals surface area contributed by atoms with Crippen LogP contribution in [0.15, 0.2) is 23.1 Å². The molecular formula is C10H14N2O5S. The first-order valence-electron chi connectivity index (χ1n) is 5.04. The molecule has 5 N–H and O–H groups in total. The average Bonchev–Trinajstić information content (AvgIpc) is 2.27. The molecule has 100 valence electrons. The van der Waals surface area contributed by atoms with Crippen molar-refractivity contribution in [2.75, 3.05) is 12.3 Å². The van der Waals surface area contributed by atoms with E-state index in [-0.39, 0.29) is 22.8 Å². The summed E-state index contributed by atoms with van der Waals surface area (Å²) in [4.78, 5) is 10.5. The second kappa shape index (κ2) is 5.34. The van der Waals surface area contributed by atoms with Crippen molar-refractivity contribution in [3.63, 3.8) is 0 Å². The summed E-state index contributed by atoms with van der Waals surface area (Å²) in [6.07, 6.45) is 0. The molecule has 0 aromatic heterocycles. The largest absolute Gasteiger partial charge is 0.478 e. The van der Waals surface area contributed by atoms with Gasteiger partial charge in [0.05, 0.1) is 17.9 Å². The van der Waals surface area contributed by atoms with Gasteiger partial charge in [-0.3, -0.25) is 0 Å². The molecular weight excluding hydrogens is 260 g/mol. The zero-order chi connectivity index (χ0) is 13.9. The van der Waals surface area contributed by atoms with Gasteiger partial charge in [-0.15, -0.1) is 0 Å². The van der Waals surface area contributed by atoms with Gasteiger partial charge in [-0.2, -0.15) is 0 Å². The van der Waals surface area contributed by atoms with Crippen LogP contribution in [0.2, 0.25) is 0 Å². The van der Waals surface area contributed by atoms with E-state index in [1.165, 1.54) is 6.92 Å². The number of hydrogen-bond donors (Lipinski definition) is 4. The number of carboxylic acids is 1. The number of nitrogen functional groups attached to an aromatic ring is 1. The van der Waals surface area contributed by atoms with Crippen LogP contribution in [0.1, 0.15) is 17.3 Å². The maximum Gasteiger partial charge on any atom is 0.335 e. The lowest BCUT2D eigenvalue weighted by atomic mass is 10.2. The van der Waals surface area contributed by atoms with Crippen molar-refractivity contribution in [3.8, 4) is 0 Å². The van der Waals surface area contributed by atoms with E-state index in [0.29, 0.717) is 0 Å². The van der Waals surface area contributed by atoms with Crippen LogP contribution in [-0.4, -0.2) is 37.2 Å². The molecule has 0 heterocycles. The van der Waals surface area contributed by atoms with E-state index < -0.39 is 22.0 Å². The van der Waals surface area contributed by atoms with Crippen LogP contribution in [-0.2, 0) is 10.0 Å². The van der Waals surface area contributed by atoms with Gasteiger partial charge in [-0.05, 0) is 25.1 Å². The Labute approximate surface area is 104 Å². The van der Waals surface area contributed by atoms with Gasteiger partial charge in [-0.1, -0.05) is 0 Å². The van der Waals surface area contributed by atoms with Crippen molar-refractivity contribution >= 4 is 21.7 Å². The Morgan fingerprint density at radius 2 is 2.11 bits per heavy atom. The number of benzene rings is 1. The first-order chi connectivity index (χ1) is 8.27. The number of hydrogen-bond acceptors (Lipinski definition) is 5. The normalized spacial score (nSPS) is 13.2. The number of aliphatic hydroxyl groups is 1. The number of aliphatic hydroxyl groups excluding tert-OH is 1. The first kappa shape index (κ1) is 14.4. The van der Waals surface area contributed by atoms with E-state index >= 15 is 0 Å². The number of sulfonamides is 1. The van der Waals surface area contributed by atoms with Crippen molar-refractivity contribution in [1.29, 1.82) is 0 Å². The lowest BCUT2D eigenvalue weighted by Crippen LogP contribution is -2.35. The molecule has 0 aliphatic heterocycles. The summed E-state index contributed by atoms with van der Waals surface area (Å²) in [5, 5.41) is 17.5. The topological polar surface area (TPSA) is 130 Å². The molecule has 0 fully saturated rings. The summed E-state index contributed by atoms with van der Waals surface area (Å²) in [6, 6.07) is 2.68. The molecule has 0 spiro atoms. The Bertz CT molecular complexity index is 555. The van der Waals surface area contributed by atoms with Crippen molar-refractivity contribution in [1.82, 2.24) is 4.72 Å². The Morgan fingerprint density at radius 3 is 2.56 bits per heavy atom. The summed E-state index contributed by atoms with van der Waals surface area (Å²) < 4.78 is 25.9. The number of nitrogens with two attached hydrogens (primary N) is 1. The van der Waals surface area contributed by atoms with Crippen LogP contribution >= 0.6 is 0 Å². The quantitative estimate of drug-likeness (QED) is 0.542. The second-order valence-electron chi connectivity index (χ2n) is 3.76. The molecule has 0 aliphatic carbocycles. The molecule has 18 heavy (non-hydrogen) atoms. The van der Waals surface area contributed by atoms with E-state index in [1.54, 1.807) is 0 Å². The molecule has 0 saturated heterocycles. The average molecular weight is 274 g/mol. The van der Waals surface area contributed by atoms with Crippen molar-refractivity contribution < 1.29 is 23.4 Å². The molecule has 0 amide bonds. The predicted molar refractivity (Wildman–Crippen MR) is 64.7 cm³/mol. The minimum Gasteiger partial charge on any atom is -0.478 e. The standard InChI is InChI=1S/C10H14N2O5S/c1-6(5-13)12-18(16,17)9-3-2-7(10(14)15)4-8(9)11/h2-4,6,12-13H,5,11H2,1H3,(H,14,15). The maximum absolute atomic E-state index is 11.9. The van der Waals surface area contributed by atoms with E-state index in [9.17, 15) is 13.2 Å². The third kappa shape index (κ3) is 3.19. The molecule has 1 aromatic rings. The van der Waals surface area contributed by atoms with E-state index in [2.05, 4.69) is 4.72 Å². The zero-order valence-corrected chi connectivity index (χ0v) is 10.4. The smallest absolute Gasteiger partial charge is 0.335 e. The lowest BCUT2D eigenvalue weighted by Gasteiger charge is -2.13. The third-order valence-electron chi connectivity index (χ3n) is 2.18. The highest BCUT2D eigenvalue weighted by molar-refractivity contribution is 7.89. The van der Waals surface area contributed by atoms with Crippen LogP contribution in [0.25, 0.3) is 0 Å². The fraction of sp³-hybridized carbons (Fsp3) is 0.300. The molecule has 1 rings (SSSR count). The predicted octanol–water partition coefficient (Wildman–Crippen LogP) is -0.374. The van der Waals surface area contributed by atoms with E-state index in [4.69, 9.17) is 15.9 Å². The highest BCUT2D eigenvalue weighted by Crippen LogP contribution is 2.20. The van der Waals surface area contributed by atoms with Gasteiger partial charge < -0.3 is 15.9 Å². The van der Waals surface area contributed by atoms with Gasteiger partial charge in [-0.25, -0.2) is 17.9 Å². The monoisotopic (exact) mass is 274 g/mol. The maximum atomic E-state index is 11.9. The Kier molecular flexibility index (Phi) is 4.28. The van der Waals surface area contributed by atoms with Crippen molar-refractivity contribution in [2.24, 2.45) is 0 Å². The van der Waals surface area contributed by atoms with Gasteiger partial charge >= 0.3 is 5.97 Å². The molecule has 1 aromatic carbocycles. The molecule has 8 heteroatoms. The van der Waals surface area contributed by atoms with Crippen LogP contribution in [0, 0.1) is 0 Å². The highest BCUT2D eigenvalue weighted by Gasteiger charge is 2.20. The van der Waals surface area contributed by atoms with Gasteiger partial charge in [0.15, 0.2) is 0 Å². The zero-order valence-electron chi connectivity index (χ0n) is 9.62. The number of carbonyl (C=O) groups is 1. The van der Waals surface area contributed by atoms with Crippen molar-refractivity contribution in [3.05, 3.63) is 23.8 Å². The minimum absolute atomic E-state index is 0.0957. The Hall–Kier alpha value is -1.64. The SMILES string of the molecule is CC(CO)NS(=O)(=O)c1ccc(C(=O)O)cc1N. The molecule has 1 unspecified atom stereocenters. The van der Waals surface area contributed by atoms with E-state index in [0.717, 1.165) is 18.2 Å². The summed E-state index contributed by atoms with van der Waals surface area (Å²) in [5.41, 5.74) is 5.26. The lowest BCUT2D eigenvalue weighted by molar-refractivity contribution is 0.0697. The van der Waals surface area contributed by atoms with Gasteiger partial charge in [0.25, 0.3) is 0 Å². The second-order valence-corrected chi connectivity index (χ2v) is 5.45. The summed E-state index contributed by atoms with van der Waals surface area (Å²) in [6.45, 7) is 1.13. The minimum atomic E-state index is -3.87. The third-order valence-corrected chi connectivity index (χ3v) is 3.84. The van der Waals surface area contributed by atoms with Gasteiger partial charge in [0, 0.05) is 6.04 Å². The van der Waals surface area contributed by atoms with Gasteiger partial charge in [0.1, 0.15) is 4.90 Å². The number of carboxylic acid groups (broad SMARTS) is 1. The molecule has 0 aliphatic rings. The summed E-state index contributed by atoms with van der Waals surface area (Å²) in [5.74, 6) is -1.19. The highest BCUT2D eigenvalue weighted by atomic mass is 32.2. The summed E-state index contributed by atoms with van der Waals surface area (Å²) in [7, 11) is -3.87. The Morgan fingerprint density at radius 1 is 1.50 bits per heavy atom. The van der Waals surface area contributed by atoms with Crippen LogP contribution in [0.3, 0.4) is 0 Å². The molecule has 1 atom stereocenters. The van der Waals surface area contributed by atoms with Crippen molar-refractivity contribution in [2.45, 2.75) is 17.9 Å². The number of nitrogens with one attached hydrogen (secondary N) is 1. The summed E-state index contributed by atoms with van der Waals surface area (Å²) >= 11 is 0. The van der Waals surface area contributed by atoms with E-state index in [1.807, 2.05) is 0 Å². The molecule has 0 saturated carbocycles.